The number of nitrogens with zero attached hydrogens (tertiary/aromatic N) is 5. The minimum Gasteiger partial charge on any atom is -0.508 e. The fourth-order valence-electron chi connectivity index (χ4n) is 4.18. The average molecular weight is 475 g/mol. The topological polar surface area (TPSA) is 147 Å². The van der Waals surface area contributed by atoms with E-state index >= 15 is 0 Å². The van der Waals surface area contributed by atoms with Gasteiger partial charge in [-0.2, -0.15) is 4.98 Å². The minimum absolute atomic E-state index is 0.118. The molecule has 4 N–H and O–H groups in total. The summed E-state index contributed by atoms with van der Waals surface area (Å²) in [7, 11) is 3.06. The number of aromatic nitrogens is 4. The summed E-state index contributed by atoms with van der Waals surface area (Å²) in [6.45, 7) is 3.63. The third-order valence-corrected chi connectivity index (χ3v) is 6.00. The summed E-state index contributed by atoms with van der Waals surface area (Å²) in [5.74, 6) is 0.396. The quantitative estimate of drug-likeness (QED) is 0.314. The molecular weight excluding hydrogens is 444 g/mol. The highest BCUT2D eigenvalue weighted by molar-refractivity contribution is 5.74. The molecule has 1 aromatic carbocycles. The Morgan fingerprint density at radius 2 is 1.76 bits per heavy atom. The molecule has 0 unspecified atom stereocenters. The van der Waals surface area contributed by atoms with Gasteiger partial charge in [0.2, 0.25) is 5.95 Å². The maximum atomic E-state index is 13.0. The number of phenols is 2. The van der Waals surface area contributed by atoms with Crippen LogP contribution in [0.4, 0.5) is 5.95 Å². The van der Waals surface area contributed by atoms with Crippen molar-refractivity contribution in [2.45, 2.75) is 19.1 Å². The average Bonchev–Trinajstić information content (AvgIpc) is 3.20. The van der Waals surface area contributed by atoms with Gasteiger partial charge in [-0.15, -0.1) is 0 Å². The molecule has 2 aromatic heterocycles. The third kappa shape index (κ3) is 4.65. The van der Waals surface area contributed by atoms with Crippen molar-refractivity contribution in [2.75, 3.05) is 44.3 Å². The molecule has 1 atom stereocenters. The number of aromatic hydroxyl groups is 2. The molecule has 12 heteroatoms. The van der Waals surface area contributed by atoms with Crippen LogP contribution in [0.3, 0.4) is 0 Å². The number of anilines is 1. The lowest BCUT2D eigenvalue weighted by Gasteiger charge is -2.28. The number of morpholine rings is 1. The van der Waals surface area contributed by atoms with E-state index in [0.29, 0.717) is 68.5 Å². The summed E-state index contributed by atoms with van der Waals surface area (Å²) in [6.07, 6.45) is -0.273. The molecule has 0 aliphatic carbocycles. The van der Waals surface area contributed by atoms with Gasteiger partial charge in [-0.1, -0.05) is 0 Å². The lowest BCUT2D eigenvalue weighted by atomic mass is 10.1. The second-order valence-electron chi connectivity index (χ2n) is 8.40. The highest BCUT2D eigenvalue weighted by Gasteiger charge is 2.23. The number of aliphatic hydroxyl groups excluding tert-OH is 1. The van der Waals surface area contributed by atoms with Crippen molar-refractivity contribution in [3.8, 4) is 11.5 Å². The molecule has 0 bridgehead atoms. The van der Waals surface area contributed by atoms with E-state index in [9.17, 15) is 24.9 Å². The molecule has 0 radical (unpaired) electrons. The Bertz CT molecular complexity index is 1270. The number of hydrogen-bond donors (Lipinski definition) is 4. The Morgan fingerprint density at radius 1 is 1.09 bits per heavy atom. The zero-order valence-electron chi connectivity index (χ0n) is 19.3. The Morgan fingerprint density at radius 3 is 2.44 bits per heavy atom. The zero-order chi connectivity index (χ0) is 24.4. The summed E-state index contributed by atoms with van der Waals surface area (Å²) in [6, 6.07) is 4.00. The molecule has 3 aromatic rings. The molecule has 0 amide bonds. The second-order valence-corrected chi connectivity index (χ2v) is 8.40. The third-order valence-electron chi connectivity index (χ3n) is 6.00. The smallest absolute Gasteiger partial charge is 0.332 e. The van der Waals surface area contributed by atoms with Gasteiger partial charge in [0.25, 0.3) is 5.56 Å². The minimum atomic E-state index is -0.905. The van der Waals surface area contributed by atoms with Crippen LogP contribution in [0.15, 0.2) is 27.8 Å². The first-order valence-corrected chi connectivity index (χ1v) is 11.2. The fraction of sp³-hybridized carbons (Fsp3) is 0.500. The van der Waals surface area contributed by atoms with E-state index in [4.69, 9.17) is 4.74 Å². The van der Waals surface area contributed by atoms with Crippen molar-refractivity contribution in [2.24, 2.45) is 14.1 Å². The number of benzene rings is 1. The Labute approximate surface area is 195 Å². The summed E-state index contributed by atoms with van der Waals surface area (Å²) in [4.78, 5) is 32.1. The molecule has 1 fully saturated rings. The number of ether oxygens (including phenoxy) is 1. The molecule has 0 saturated carbocycles. The summed E-state index contributed by atoms with van der Waals surface area (Å²) < 4.78 is 9.77. The second kappa shape index (κ2) is 9.87. The lowest BCUT2D eigenvalue weighted by molar-refractivity contribution is 0.121. The molecular formula is C22H30N6O6. The van der Waals surface area contributed by atoms with E-state index in [1.54, 1.807) is 7.05 Å². The summed E-state index contributed by atoms with van der Waals surface area (Å²) in [5, 5.41) is 32.7. The Balaban J connectivity index is 1.50. The van der Waals surface area contributed by atoms with Crippen molar-refractivity contribution in [1.29, 1.82) is 0 Å². The van der Waals surface area contributed by atoms with Crippen LogP contribution in [-0.4, -0.2) is 73.4 Å². The van der Waals surface area contributed by atoms with Crippen molar-refractivity contribution in [3.05, 3.63) is 44.6 Å². The first-order chi connectivity index (χ1) is 16.3. The maximum absolute atomic E-state index is 13.0. The van der Waals surface area contributed by atoms with E-state index in [1.165, 1.54) is 29.8 Å². The maximum Gasteiger partial charge on any atom is 0.332 e. The molecule has 1 saturated heterocycles. The molecule has 4 rings (SSSR count). The largest absolute Gasteiger partial charge is 0.508 e. The van der Waals surface area contributed by atoms with Crippen LogP contribution in [0.25, 0.3) is 11.2 Å². The fourth-order valence-corrected chi connectivity index (χ4v) is 4.18. The van der Waals surface area contributed by atoms with Crippen molar-refractivity contribution in [3.63, 3.8) is 0 Å². The number of rotatable bonds is 8. The Hall–Kier alpha value is -3.35. The predicted octanol–water partition coefficient (Wildman–Crippen LogP) is -0.605. The molecule has 0 spiro atoms. The monoisotopic (exact) mass is 474 g/mol. The van der Waals surface area contributed by atoms with E-state index in [2.05, 4.69) is 15.2 Å². The van der Waals surface area contributed by atoms with Crippen LogP contribution in [0.1, 0.15) is 18.1 Å². The number of aryl methyl sites for hydroxylation is 2. The van der Waals surface area contributed by atoms with Crippen LogP contribution in [0, 0.1) is 0 Å². The van der Waals surface area contributed by atoms with Crippen molar-refractivity contribution < 1.29 is 20.1 Å². The molecule has 184 valence electrons. The van der Waals surface area contributed by atoms with E-state index in [1.807, 2.05) is 4.57 Å². The lowest BCUT2D eigenvalue weighted by Crippen LogP contribution is -2.39. The van der Waals surface area contributed by atoms with Gasteiger partial charge in [0.15, 0.2) is 11.2 Å². The zero-order valence-corrected chi connectivity index (χ0v) is 19.3. The van der Waals surface area contributed by atoms with Gasteiger partial charge in [-0.3, -0.25) is 13.9 Å². The molecule has 1 aliphatic heterocycles. The van der Waals surface area contributed by atoms with Gasteiger partial charge in [0.05, 0.1) is 19.3 Å². The number of nitrogens with one attached hydrogen (secondary N) is 1. The highest BCUT2D eigenvalue weighted by atomic mass is 16.5. The van der Waals surface area contributed by atoms with E-state index < -0.39 is 17.4 Å². The van der Waals surface area contributed by atoms with Gasteiger partial charge in [0.1, 0.15) is 11.5 Å². The number of fused-ring (bicyclic) bond motifs is 1. The summed E-state index contributed by atoms with van der Waals surface area (Å²) >= 11 is 0. The number of phenolic OH excluding ortho intramolecular Hbond substituents is 2. The van der Waals surface area contributed by atoms with Gasteiger partial charge in [-0.05, 0) is 30.7 Å². The SMILES string of the molecule is Cn1c(=O)c2c(nc(N3CCOCC3)n2CCCNC[C@H](O)c2cc(O)cc(O)c2)n(C)c1=O. The normalized spacial score (nSPS) is 15.2. The standard InChI is InChI=1S/C22H30N6O6/c1-25-19-18(20(32)26(2)22(25)33)28(21(24-19)27-6-8-34-9-7-27)5-3-4-23-13-17(31)14-10-15(29)12-16(30)11-14/h10-12,17,23,29-31H,3-9,13H2,1-2H3/t17-/m0/s1. The van der Waals surface area contributed by atoms with Crippen LogP contribution in [0.5, 0.6) is 11.5 Å². The first kappa shape index (κ1) is 23.8. The number of imidazole rings is 1. The van der Waals surface area contributed by atoms with Gasteiger partial charge in [0, 0.05) is 46.3 Å². The Kier molecular flexibility index (Phi) is 6.91. The van der Waals surface area contributed by atoms with Crippen molar-refractivity contribution >= 4 is 17.1 Å². The molecule has 1 aliphatic rings. The molecule has 12 nitrogen and oxygen atoms in total. The van der Waals surface area contributed by atoms with Crippen LogP contribution in [-0.2, 0) is 25.4 Å². The molecule has 3 heterocycles. The number of aliphatic hydroxyl groups is 1. The van der Waals surface area contributed by atoms with Crippen LogP contribution in [0.2, 0.25) is 0 Å². The summed E-state index contributed by atoms with van der Waals surface area (Å²) in [5.41, 5.74) is 0.314. The van der Waals surface area contributed by atoms with E-state index in [0.717, 1.165) is 4.57 Å². The van der Waals surface area contributed by atoms with Crippen molar-refractivity contribution in [1.82, 2.24) is 24.0 Å². The highest BCUT2D eigenvalue weighted by Crippen LogP contribution is 2.25. The van der Waals surface area contributed by atoms with Crippen LogP contribution >= 0.6 is 0 Å². The van der Waals surface area contributed by atoms with Gasteiger partial charge < -0.3 is 34.8 Å². The predicted molar refractivity (Wildman–Crippen MR) is 125 cm³/mol. The number of hydrogen-bond acceptors (Lipinski definition) is 9. The first-order valence-electron chi connectivity index (χ1n) is 11.2. The van der Waals surface area contributed by atoms with E-state index in [-0.39, 0.29) is 18.0 Å². The van der Waals surface area contributed by atoms with Gasteiger partial charge in [-0.25, -0.2) is 4.79 Å². The van der Waals surface area contributed by atoms with Crippen LogP contribution < -0.4 is 21.5 Å². The van der Waals surface area contributed by atoms with Gasteiger partial charge >= 0.3 is 5.69 Å². The molecule has 34 heavy (non-hydrogen) atoms.